The van der Waals surface area contributed by atoms with Crippen LogP contribution in [0.25, 0.3) is 10.9 Å². The molecule has 2 aliphatic rings. The minimum Gasteiger partial charge on any atom is -0.481 e. The maximum atomic E-state index is 12.3. The van der Waals surface area contributed by atoms with E-state index in [0.29, 0.717) is 6.54 Å². The lowest BCUT2D eigenvalue weighted by atomic mass is 9.96. The smallest absolute Gasteiger partial charge is 0.336 e. The van der Waals surface area contributed by atoms with Crippen LogP contribution >= 0.6 is 0 Å². The van der Waals surface area contributed by atoms with Gasteiger partial charge in [0.1, 0.15) is 6.54 Å². The van der Waals surface area contributed by atoms with E-state index in [4.69, 9.17) is 20.4 Å². The maximum Gasteiger partial charge on any atom is 0.336 e. The summed E-state index contributed by atoms with van der Waals surface area (Å²) in [5.41, 5.74) is -0.232. The Labute approximate surface area is 245 Å². The van der Waals surface area contributed by atoms with E-state index in [1.807, 2.05) is 13.8 Å². The molecule has 42 heavy (non-hydrogen) atoms. The Bertz CT molecular complexity index is 1220. The zero-order chi connectivity index (χ0) is 30.9. The molecule has 1 atom stereocenters. The van der Waals surface area contributed by atoms with Crippen molar-refractivity contribution in [3.63, 3.8) is 0 Å². The molecule has 1 aromatic heterocycles. The number of para-hydroxylation sites is 1. The van der Waals surface area contributed by atoms with E-state index in [1.165, 1.54) is 69.4 Å². The second kappa shape index (κ2) is 15.1. The average molecular weight is 589 g/mol. The monoisotopic (exact) mass is 588 g/mol. The molecule has 4 rings (SSSR count). The zero-order valence-corrected chi connectivity index (χ0v) is 24.5. The van der Waals surface area contributed by atoms with E-state index in [1.54, 1.807) is 0 Å². The van der Waals surface area contributed by atoms with Crippen LogP contribution in [0.5, 0.6) is 0 Å². The molecule has 0 bridgehead atoms. The fourth-order valence-corrected chi connectivity index (χ4v) is 5.83. The second-order valence-electron chi connectivity index (χ2n) is 11.8. The summed E-state index contributed by atoms with van der Waals surface area (Å²) in [6.45, 7) is 11.6. The minimum absolute atomic E-state index is 0.0796. The van der Waals surface area contributed by atoms with Gasteiger partial charge in [-0.15, -0.1) is 0 Å². The molecule has 2 aliphatic heterocycles. The van der Waals surface area contributed by atoms with Crippen molar-refractivity contribution in [2.24, 2.45) is 5.92 Å². The third-order valence-electron chi connectivity index (χ3n) is 7.63. The number of aliphatic carboxylic acids is 3. The Morgan fingerprint density at radius 1 is 0.952 bits per heavy atom. The number of benzene rings is 1. The molecular formula is C30H44N4O8. The number of carboxylic acids is 3. The summed E-state index contributed by atoms with van der Waals surface area (Å²) < 4.78 is 2.12. The van der Waals surface area contributed by atoms with Crippen LogP contribution in [-0.2, 0) is 32.3 Å². The number of fused-ring (bicyclic) bond motifs is 1. The molecule has 2 aromatic rings. The van der Waals surface area contributed by atoms with Gasteiger partial charge in [-0.3, -0.25) is 19.3 Å². The van der Waals surface area contributed by atoms with Crippen molar-refractivity contribution in [1.29, 1.82) is 0 Å². The number of nitrogens with zero attached hydrogens (tertiary/aromatic N) is 3. The molecule has 12 heteroatoms. The summed E-state index contributed by atoms with van der Waals surface area (Å²) in [6, 6.07) is 8.68. The summed E-state index contributed by atoms with van der Waals surface area (Å²) in [7, 11) is 0. The molecule has 12 nitrogen and oxygen atoms in total. The van der Waals surface area contributed by atoms with Crippen LogP contribution < -0.4 is 5.32 Å². The SMILES string of the molecule is CC(C)NC(=O)Cn1cc(CN2CCCC(CN3CCCC3)C2)c2ccccc21.O=C(O)CC(O)(CC(=O)O)C(=O)O. The number of carboxylic acid groups (broad SMARTS) is 3. The molecular weight excluding hydrogens is 544 g/mol. The van der Waals surface area contributed by atoms with Crippen molar-refractivity contribution < 1.29 is 39.6 Å². The number of rotatable bonds is 12. The predicted octanol–water partition coefficient (Wildman–Crippen LogP) is 2.23. The van der Waals surface area contributed by atoms with E-state index in [-0.39, 0.29) is 11.9 Å². The number of hydrogen-bond acceptors (Lipinski definition) is 7. The minimum atomic E-state index is -2.74. The van der Waals surface area contributed by atoms with Crippen molar-refractivity contribution in [3.05, 3.63) is 36.0 Å². The molecule has 1 aromatic carbocycles. The number of amides is 1. The van der Waals surface area contributed by atoms with Crippen LogP contribution in [0.1, 0.15) is 57.9 Å². The first-order valence-corrected chi connectivity index (χ1v) is 14.6. The Morgan fingerprint density at radius 3 is 2.17 bits per heavy atom. The van der Waals surface area contributed by atoms with Crippen LogP contribution in [-0.4, -0.2) is 103 Å². The molecule has 0 saturated carbocycles. The highest BCUT2D eigenvalue weighted by Gasteiger charge is 2.40. The van der Waals surface area contributed by atoms with Gasteiger partial charge in [0, 0.05) is 42.8 Å². The Kier molecular flexibility index (Phi) is 11.9. The van der Waals surface area contributed by atoms with E-state index < -0.39 is 36.4 Å². The van der Waals surface area contributed by atoms with Gasteiger partial charge in [-0.2, -0.15) is 0 Å². The van der Waals surface area contributed by atoms with Crippen molar-refractivity contribution in [3.8, 4) is 0 Å². The van der Waals surface area contributed by atoms with Gasteiger partial charge >= 0.3 is 17.9 Å². The van der Waals surface area contributed by atoms with E-state index >= 15 is 0 Å². The van der Waals surface area contributed by atoms with Gasteiger partial charge in [0.25, 0.3) is 0 Å². The van der Waals surface area contributed by atoms with E-state index in [9.17, 15) is 19.2 Å². The number of aromatic nitrogens is 1. The summed E-state index contributed by atoms with van der Waals surface area (Å²) >= 11 is 0. The van der Waals surface area contributed by atoms with Crippen LogP contribution in [0.3, 0.4) is 0 Å². The standard InChI is InChI=1S/C24H36N4O.C6H8O7/c1-19(2)25-24(29)18-28-17-21(22-9-3-4-10-23(22)28)16-27-13-7-8-20(15-27)14-26-11-5-6-12-26;7-3(8)1-6(13,5(11)12)2-4(9)10/h3-4,9-10,17,19-20H,5-8,11-16,18H2,1-2H3,(H,25,29);13H,1-2H2,(H,7,8)(H,9,10)(H,11,12). The number of aliphatic hydroxyl groups is 1. The van der Waals surface area contributed by atoms with Gasteiger partial charge in [0.2, 0.25) is 5.91 Å². The summed E-state index contributed by atoms with van der Waals surface area (Å²) in [5, 5.41) is 38.1. The van der Waals surface area contributed by atoms with Crippen LogP contribution in [0.15, 0.2) is 30.5 Å². The lowest BCUT2D eigenvalue weighted by molar-refractivity contribution is -0.170. The zero-order valence-electron chi connectivity index (χ0n) is 24.5. The number of carbonyl (C=O) groups is 4. The van der Waals surface area contributed by atoms with Gasteiger partial charge < -0.3 is 35.2 Å². The Morgan fingerprint density at radius 2 is 1.57 bits per heavy atom. The molecule has 1 unspecified atom stereocenters. The lowest BCUT2D eigenvalue weighted by Crippen LogP contribution is -2.42. The van der Waals surface area contributed by atoms with Gasteiger partial charge in [-0.1, -0.05) is 18.2 Å². The Balaban J connectivity index is 0.000000316. The highest BCUT2D eigenvalue weighted by Crippen LogP contribution is 2.26. The molecule has 3 heterocycles. The van der Waals surface area contributed by atoms with Crippen LogP contribution in [0, 0.1) is 5.92 Å². The second-order valence-corrected chi connectivity index (χ2v) is 11.8. The molecule has 0 radical (unpaired) electrons. The fourth-order valence-electron chi connectivity index (χ4n) is 5.83. The molecule has 232 valence electrons. The lowest BCUT2D eigenvalue weighted by Gasteiger charge is -2.34. The topological polar surface area (TPSA) is 173 Å². The van der Waals surface area contributed by atoms with Gasteiger partial charge in [-0.05, 0) is 76.7 Å². The number of likely N-dealkylation sites (tertiary alicyclic amines) is 2. The highest BCUT2D eigenvalue weighted by atomic mass is 16.4. The normalized spacial score (nSPS) is 18.0. The quantitative estimate of drug-likeness (QED) is 0.247. The van der Waals surface area contributed by atoms with Crippen molar-refractivity contribution in [1.82, 2.24) is 19.7 Å². The molecule has 5 N–H and O–H groups in total. The highest BCUT2D eigenvalue weighted by molar-refractivity contribution is 5.88. The van der Waals surface area contributed by atoms with E-state index in [0.717, 1.165) is 18.0 Å². The molecule has 0 aliphatic carbocycles. The maximum absolute atomic E-state index is 12.3. The van der Waals surface area contributed by atoms with E-state index in [2.05, 4.69) is 50.1 Å². The third-order valence-corrected chi connectivity index (χ3v) is 7.63. The van der Waals surface area contributed by atoms with Crippen LogP contribution in [0.4, 0.5) is 0 Å². The van der Waals surface area contributed by atoms with Crippen molar-refractivity contribution >= 4 is 34.7 Å². The predicted molar refractivity (Wildman–Crippen MR) is 156 cm³/mol. The fraction of sp³-hybridized carbons (Fsp3) is 0.600. The number of piperidine rings is 1. The number of carbonyl (C=O) groups excluding carboxylic acids is 1. The van der Waals surface area contributed by atoms with Crippen LogP contribution in [0.2, 0.25) is 0 Å². The first kappa shape index (κ1) is 33.0. The molecule has 0 spiro atoms. The molecule has 2 fully saturated rings. The summed E-state index contributed by atoms with van der Waals surface area (Å²) in [4.78, 5) is 48.1. The average Bonchev–Trinajstić information content (AvgIpc) is 3.51. The van der Waals surface area contributed by atoms with Gasteiger partial charge in [0.05, 0.1) is 12.8 Å². The van der Waals surface area contributed by atoms with Gasteiger partial charge in [0.15, 0.2) is 5.60 Å². The first-order valence-electron chi connectivity index (χ1n) is 14.6. The first-order chi connectivity index (χ1) is 19.9. The van der Waals surface area contributed by atoms with Crippen molar-refractivity contribution in [2.45, 2.75) is 77.1 Å². The molecule has 2 saturated heterocycles. The van der Waals surface area contributed by atoms with Gasteiger partial charge in [-0.25, -0.2) is 4.79 Å². The summed E-state index contributed by atoms with van der Waals surface area (Å²) in [6.07, 6.45) is 5.33. The Hall–Kier alpha value is -3.48. The third kappa shape index (κ3) is 9.81. The summed E-state index contributed by atoms with van der Waals surface area (Å²) in [5.74, 6) is -4.14. The van der Waals surface area contributed by atoms with Crippen molar-refractivity contribution in [2.75, 3.05) is 32.7 Å². The number of nitrogens with one attached hydrogen (secondary N) is 1. The largest absolute Gasteiger partial charge is 0.481 e. The number of hydrogen-bond donors (Lipinski definition) is 5. The molecule has 1 amide bonds.